The van der Waals surface area contributed by atoms with Gasteiger partial charge in [0.05, 0.1) is 12.6 Å². The van der Waals surface area contributed by atoms with Crippen LogP contribution in [-0.2, 0) is 16.1 Å². The summed E-state index contributed by atoms with van der Waals surface area (Å²) in [6.07, 6.45) is 8.29. The average molecular weight is 360 g/mol. The van der Waals surface area contributed by atoms with E-state index in [1.165, 1.54) is 19.3 Å². The largest absolute Gasteiger partial charge is 0.508 e. The summed E-state index contributed by atoms with van der Waals surface area (Å²) in [6.45, 7) is 2.49. The standard InChI is InChI=1S/C21H32N2O3/c1-22(18-9-3-2-4-10-18)21(25)16-23(15-19-11-7-13-26-19)14-17-8-5-6-12-20(17)24/h5-6,8,12,18-19,24H,2-4,7,9-11,13-16H2,1H3. The molecule has 1 aromatic rings. The first-order valence-electron chi connectivity index (χ1n) is 10.00. The van der Waals surface area contributed by atoms with Crippen molar-refractivity contribution in [2.24, 2.45) is 0 Å². The smallest absolute Gasteiger partial charge is 0.236 e. The molecule has 0 radical (unpaired) electrons. The van der Waals surface area contributed by atoms with Crippen molar-refractivity contribution in [1.82, 2.24) is 9.80 Å². The van der Waals surface area contributed by atoms with E-state index in [-0.39, 0.29) is 17.8 Å². The van der Waals surface area contributed by atoms with Crippen LogP contribution in [0.1, 0.15) is 50.5 Å². The molecule has 0 bridgehead atoms. The summed E-state index contributed by atoms with van der Waals surface area (Å²) < 4.78 is 5.78. The zero-order chi connectivity index (χ0) is 18.4. The summed E-state index contributed by atoms with van der Waals surface area (Å²) in [5.41, 5.74) is 0.860. The Bertz CT molecular complexity index is 580. The Kier molecular flexibility index (Phi) is 6.92. The second-order valence-corrected chi connectivity index (χ2v) is 7.73. The molecular formula is C21H32N2O3. The molecule has 5 heteroatoms. The molecule has 1 aliphatic heterocycles. The van der Waals surface area contributed by atoms with Crippen LogP contribution in [0.5, 0.6) is 5.75 Å². The fourth-order valence-corrected chi connectivity index (χ4v) is 4.12. The molecule has 1 amide bonds. The third-order valence-electron chi connectivity index (χ3n) is 5.75. The first kappa shape index (κ1) is 19.2. The summed E-state index contributed by atoms with van der Waals surface area (Å²) in [4.78, 5) is 17.0. The molecule has 1 aliphatic carbocycles. The monoisotopic (exact) mass is 360 g/mol. The molecule has 1 aromatic carbocycles. The highest BCUT2D eigenvalue weighted by Gasteiger charge is 2.26. The van der Waals surface area contributed by atoms with Crippen molar-refractivity contribution >= 4 is 5.91 Å². The molecule has 2 fully saturated rings. The minimum atomic E-state index is 0.172. The second kappa shape index (κ2) is 9.38. The quantitative estimate of drug-likeness (QED) is 0.811. The summed E-state index contributed by atoms with van der Waals surface area (Å²) in [5, 5.41) is 10.1. The van der Waals surface area contributed by atoms with Crippen LogP contribution in [0.25, 0.3) is 0 Å². The van der Waals surface area contributed by atoms with Gasteiger partial charge in [-0.3, -0.25) is 9.69 Å². The zero-order valence-electron chi connectivity index (χ0n) is 15.9. The summed E-state index contributed by atoms with van der Waals surface area (Å²) in [7, 11) is 1.95. The number of nitrogens with zero attached hydrogens (tertiary/aromatic N) is 2. The molecule has 1 N–H and O–H groups in total. The van der Waals surface area contributed by atoms with Gasteiger partial charge in [-0.05, 0) is 31.7 Å². The van der Waals surface area contributed by atoms with Crippen LogP contribution < -0.4 is 0 Å². The number of phenolic OH excluding ortho intramolecular Hbond substituents is 1. The second-order valence-electron chi connectivity index (χ2n) is 7.73. The van der Waals surface area contributed by atoms with Gasteiger partial charge in [-0.15, -0.1) is 0 Å². The van der Waals surface area contributed by atoms with Crippen LogP contribution in [0.2, 0.25) is 0 Å². The Morgan fingerprint density at radius 1 is 1.15 bits per heavy atom. The van der Waals surface area contributed by atoms with Crippen molar-refractivity contribution in [3.05, 3.63) is 29.8 Å². The predicted octanol–water partition coefficient (Wildman–Crippen LogP) is 3.16. The highest BCUT2D eigenvalue weighted by atomic mass is 16.5. The number of aromatic hydroxyl groups is 1. The van der Waals surface area contributed by atoms with Gasteiger partial charge in [-0.2, -0.15) is 0 Å². The molecular weight excluding hydrogens is 328 g/mol. The van der Waals surface area contributed by atoms with Crippen LogP contribution >= 0.6 is 0 Å². The number of benzene rings is 1. The van der Waals surface area contributed by atoms with Gasteiger partial charge in [0.15, 0.2) is 0 Å². The van der Waals surface area contributed by atoms with Crippen LogP contribution in [0.4, 0.5) is 0 Å². The number of hydrogen-bond acceptors (Lipinski definition) is 4. The van der Waals surface area contributed by atoms with E-state index in [9.17, 15) is 9.90 Å². The van der Waals surface area contributed by atoms with Crippen molar-refractivity contribution < 1.29 is 14.6 Å². The number of carbonyl (C=O) groups is 1. The Balaban J connectivity index is 1.63. The molecule has 5 nitrogen and oxygen atoms in total. The molecule has 144 valence electrons. The van der Waals surface area contributed by atoms with Crippen molar-refractivity contribution in [2.75, 3.05) is 26.7 Å². The highest BCUT2D eigenvalue weighted by molar-refractivity contribution is 5.78. The van der Waals surface area contributed by atoms with Crippen molar-refractivity contribution in [3.8, 4) is 5.75 Å². The SMILES string of the molecule is CN(C(=O)CN(Cc1ccccc1O)CC1CCCO1)C1CCCCC1. The van der Waals surface area contributed by atoms with Gasteiger partial charge in [-0.1, -0.05) is 37.5 Å². The number of carbonyl (C=O) groups excluding carboxylic acids is 1. The van der Waals surface area contributed by atoms with Crippen LogP contribution in [0.15, 0.2) is 24.3 Å². The molecule has 1 unspecified atom stereocenters. The molecule has 26 heavy (non-hydrogen) atoms. The molecule has 3 rings (SSSR count). The number of likely N-dealkylation sites (N-methyl/N-ethyl adjacent to an activating group) is 1. The molecule has 0 aromatic heterocycles. The Morgan fingerprint density at radius 3 is 2.62 bits per heavy atom. The molecule has 1 saturated carbocycles. The first-order chi connectivity index (χ1) is 12.6. The zero-order valence-corrected chi connectivity index (χ0v) is 15.9. The molecule has 1 heterocycles. The van der Waals surface area contributed by atoms with E-state index in [1.54, 1.807) is 6.07 Å². The maximum atomic E-state index is 12.9. The fraction of sp³-hybridized carbons (Fsp3) is 0.667. The van der Waals surface area contributed by atoms with Gasteiger partial charge < -0.3 is 14.7 Å². The van der Waals surface area contributed by atoms with Crippen LogP contribution in [-0.4, -0.2) is 59.7 Å². The van der Waals surface area contributed by atoms with Gasteiger partial charge in [0, 0.05) is 38.3 Å². The van der Waals surface area contributed by atoms with Gasteiger partial charge >= 0.3 is 0 Å². The highest BCUT2D eigenvalue weighted by Crippen LogP contribution is 2.23. The summed E-state index contributed by atoms with van der Waals surface area (Å²) >= 11 is 0. The first-order valence-corrected chi connectivity index (χ1v) is 10.00. The van der Waals surface area contributed by atoms with Crippen LogP contribution in [0, 0.1) is 0 Å². The Morgan fingerprint density at radius 2 is 1.92 bits per heavy atom. The Labute approximate surface area is 156 Å². The maximum absolute atomic E-state index is 12.9. The lowest BCUT2D eigenvalue weighted by atomic mass is 9.94. The number of hydrogen-bond donors (Lipinski definition) is 1. The van der Waals surface area contributed by atoms with E-state index < -0.39 is 0 Å². The average Bonchev–Trinajstić information content (AvgIpc) is 3.16. The fourth-order valence-electron chi connectivity index (χ4n) is 4.12. The van der Waals surface area contributed by atoms with Gasteiger partial charge in [0.1, 0.15) is 5.75 Å². The van der Waals surface area contributed by atoms with Gasteiger partial charge in [0.25, 0.3) is 0 Å². The molecule has 0 spiro atoms. The van der Waals surface area contributed by atoms with Gasteiger partial charge in [0.2, 0.25) is 5.91 Å². The predicted molar refractivity (Wildman–Crippen MR) is 102 cm³/mol. The van der Waals surface area contributed by atoms with E-state index in [0.29, 0.717) is 19.1 Å². The number of ether oxygens (including phenoxy) is 1. The van der Waals surface area contributed by atoms with Crippen LogP contribution in [0.3, 0.4) is 0 Å². The third-order valence-corrected chi connectivity index (χ3v) is 5.75. The summed E-state index contributed by atoms with van der Waals surface area (Å²) in [5.74, 6) is 0.461. The Hall–Kier alpha value is -1.59. The lowest BCUT2D eigenvalue weighted by molar-refractivity contribution is -0.134. The number of rotatable bonds is 7. The number of para-hydroxylation sites is 1. The van der Waals surface area contributed by atoms with Gasteiger partial charge in [-0.25, -0.2) is 0 Å². The number of amides is 1. The summed E-state index contributed by atoms with van der Waals surface area (Å²) in [6, 6.07) is 7.76. The molecule has 1 atom stereocenters. The normalized spacial score (nSPS) is 21.2. The maximum Gasteiger partial charge on any atom is 0.236 e. The van der Waals surface area contributed by atoms with E-state index in [0.717, 1.165) is 44.4 Å². The molecule has 1 saturated heterocycles. The lowest BCUT2D eigenvalue weighted by Crippen LogP contribution is -2.45. The van der Waals surface area contributed by atoms with Crippen molar-refractivity contribution in [2.45, 2.75) is 63.6 Å². The minimum absolute atomic E-state index is 0.172. The van der Waals surface area contributed by atoms with E-state index in [1.807, 2.05) is 30.1 Å². The third kappa shape index (κ3) is 5.21. The van der Waals surface area contributed by atoms with Crippen molar-refractivity contribution in [1.29, 1.82) is 0 Å². The van der Waals surface area contributed by atoms with E-state index in [2.05, 4.69) is 4.90 Å². The molecule has 2 aliphatic rings. The minimum Gasteiger partial charge on any atom is -0.508 e. The van der Waals surface area contributed by atoms with E-state index >= 15 is 0 Å². The van der Waals surface area contributed by atoms with Crippen molar-refractivity contribution in [3.63, 3.8) is 0 Å². The number of phenols is 1. The topological polar surface area (TPSA) is 53.0 Å². The lowest BCUT2D eigenvalue weighted by Gasteiger charge is -2.33. The van der Waals surface area contributed by atoms with E-state index in [4.69, 9.17) is 4.74 Å².